The topological polar surface area (TPSA) is 58.4 Å². The molecule has 0 bridgehead atoms. The van der Waals surface area contributed by atoms with E-state index in [0.717, 1.165) is 11.1 Å². The van der Waals surface area contributed by atoms with Gasteiger partial charge in [-0.15, -0.1) is 0 Å². The van der Waals surface area contributed by atoms with Gasteiger partial charge < -0.3 is 16.0 Å². The fourth-order valence-electron chi connectivity index (χ4n) is 1.98. The molecule has 5 heteroatoms. The van der Waals surface area contributed by atoms with E-state index in [-0.39, 0.29) is 11.8 Å². The quantitative estimate of drug-likeness (QED) is 0.908. The SMILES string of the molecule is CN(Cc1cccc(F)c1)C(=O)Nc1cccc(CN)c1. The number of hydrogen-bond donors (Lipinski definition) is 2. The van der Waals surface area contributed by atoms with Gasteiger partial charge in [0.25, 0.3) is 0 Å². The van der Waals surface area contributed by atoms with Crippen LogP contribution in [0.15, 0.2) is 48.5 Å². The summed E-state index contributed by atoms with van der Waals surface area (Å²) < 4.78 is 13.1. The lowest BCUT2D eigenvalue weighted by Gasteiger charge is -2.18. The van der Waals surface area contributed by atoms with Crippen molar-refractivity contribution in [2.45, 2.75) is 13.1 Å². The predicted octanol–water partition coefficient (Wildman–Crippen LogP) is 2.95. The summed E-state index contributed by atoms with van der Waals surface area (Å²) in [4.78, 5) is 13.6. The number of benzene rings is 2. The number of halogens is 1. The molecule has 0 heterocycles. The van der Waals surface area contributed by atoms with E-state index in [9.17, 15) is 9.18 Å². The summed E-state index contributed by atoms with van der Waals surface area (Å²) in [5.41, 5.74) is 7.94. The number of nitrogens with one attached hydrogen (secondary N) is 1. The van der Waals surface area contributed by atoms with Crippen molar-refractivity contribution in [3.05, 3.63) is 65.5 Å². The number of urea groups is 1. The summed E-state index contributed by atoms with van der Waals surface area (Å²) in [6, 6.07) is 13.3. The van der Waals surface area contributed by atoms with Crippen molar-refractivity contribution < 1.29 is 9.18 Å². The largest absolute Gasteiger partial charge is 0.326 e. The molecule has 4 nitrogen and oxygen atoms in total. The second-order valence-corrected chi connectivity index (χ2v) is 4.82. The van der Waals surface area contributed by atoms with Crippen molar-refractivity contribution in [1.29, 1.82) is 0 Å². The van der Waals surface area contributed by atoms with Crippen LogP contribution in [-0.2, 0) is 13.1 Å². The average Bonchev–Trinajstić information content (AvgIpc) is 2.47. The Kier molecular flexibility index (Phi) is 4.90. The fourth-order valence-corrected chi connectivity index (χ4v) is 1.98. The van der Waals surface area contributed by atoms with E-state index in [2.05, 4.69) is 5.32 Å². The Morgan fingerprint density at radius 2 is 1.90 bits per heavy atom. The first kappa shape index (κ1) is 15.0. The van der Waals surface area contributed by atoms with Gasteiger partial charge in [-0.05, 0) is 35.4 Å². The van der Waals surface area contributed by atoms with Crippen molar-refractivity contribution in [2.75, 3.05) is 12.4 Å². The van der Waals surface area contributed by atoms with Gasteiger partial charge in [0.15, 0.2) is 0 Å². The van der Waals surface area contributed by atoms with Crippen molar-refractivity contribution in [1.82, 2.24) is 4.90 Å². The Morgan fingerprint density at radius 3 is 2.62 bits per heavy atom. The Bertz CT molecular complexity index is 630. The van der Waals surface area contributed by atoms with Gasteiger partial charge in [0.1, 0.15) is 5.82 Å². The minimum absolute atomic E-state index is 0.256. The van der Waals surface area contributed by atoms with Crippen LogP contribution in [0.3, 0.4) is 0 Å². The highest BCUT2D eigenvalue weighted by molar-refractivity contribution is 5.89. The van der Waals surface area contributed by atoms with Gasteiger partial charge in [-0.3, -0.25) is 0 Å². The second kappa shape index (κ2) is 6.85. The zero-order chi connectivity index (χ0) is 15.2. The number of carbonyl (C=O) groups excluding carboxylic acids is 1. The first-order valence-corrected chi connectivity index (χ1v) is 6.64. The zero-order valence-corrected chi connectivity index (χ0v) is 11.8. The number of hydrogen-bond acceptors (Lipinski definition) is 2. The van der Waals surface area contributed by atoms with E-state index in [4.69, 9.17) is 5.73 Å². The van der Waals surface area contributed by atoms with Crippen LogP contribution in [0, 0.1) is 5.82 Å². The van der Waals surface area contributed by atoms with Gasteiger partial charge in [0.2, 0.25) is 0 Å². The molecule has 0 fully saturated rings. The normalized spacial score (nSPS) is 10.2. The summed E-state index contributed by atoms with van der Waals surface area (Å²) >= 11 is 0. The highest BCUT2D eigenvalue weighted by Crippen LogP contribution is 2.12. The van der Waals surface area contributed by atoms with Gasteiger partial charge in [-0.1, -0.05) is 24.3 Å². The fraction of sp³-hybridized carbons (Fsp3) is 0.188. The van der Waals surface area contributed by atoms with Crippen LogP contribution < -0.4 is 11.1 Å². The molecule has 0 atom stereocenters. The molecule has 2 aromatic carbocycles. The molecule has 0 aliphatic rings. The third kappa shape index (κ3) is 4.29. The van der Waals surface area contributed by atoms with Crippen molar-refractivity contribution >= 4 is 11.7 Å². The number of nitrogens with two attached hydrogens (primary N) is 1. The predicted molar refractivity (Wildman–Crippen MR) is 81.2 cm³/mol. The lowest BCUT2D eigenvalue weighted by molar-refractivity contribution is 0.220. The van der Waals surface area contributed by atoms with Gasteiger partial charge >= 0.3 is 6.03 Å². The van der Waals surface area contributed by atoms with Crippen LogP contribution in [0.4, 0.5) is 14.9 Å². The Hall–Kier alpha value is -2.40. The van der Waals surface area contributed by atoms with Crippen LogP contribution in [0.1, 0.15) is 11.1 Å². The third-order valence-corrected chi connectivity index (χ3v) is 3.07. The number of carbonyl (C=O) groups is 1. The molecular formula is C16H18FN3O. The molecule has 0 aliphatic heterocycles. The third-order valence-electron chi connectivity index (χ3n) is 3.07. The number of nitrogens with zero attached hydrogens (tertiary/aromatic N) is 1. The monoisotopic (exact) mass is 287 g/mol. The molecule has 110 valence electrons. The highest BCUT2D eigenvalue weighted by Gasteiger charge is 2.10. The smallest absolute Gasteiger partial charge is 0.321 e. The molecule has 0 unspecified atom stereocenters. The Morgan fingerprint density at radius 1 is 1.19 bits per heavy atom. The van der Waals surface area contributed by atoms with Gasteiger partial charge in [0.05, 0.1) is 0 Å². The molecule has 0 radical (unpaired) electrons. The molecule has 2 rings (SSSR count). The van der Waals surface area contributed by atoms with Crippen LogP contribution >= 0.6 is 0 Å². The summed E-state index contributed by atoms with van der Waals surface area (Å²) in [6.07, 6.45) is 0. The first-order chi connectivity index (χ1) is 10.1. The van der Waals surface area contributed by atoms with E-state index < -0.39 is 0 Å². The summed E-state index contributed by atoms with van der Waals surface area (Å²) in [6.45, 7) is 0.753. The summed E-state index contributed by atoms with van der Waals surface area (Å²) in [7, 11) is 1.66. The zero-order valence-electron chi connectivity index (χ0n) is 11.8. The van der Waals surface area contributed by atoms with Crippen molar-refractivity contribution in [3.63, 3.8) is 0 Å². The van der Waals surface area contributed by atoms with Crippen molar-refractivity contribution in [2.24, 2.45) is 5.73 Å². The van der Waals surface area contributed by atoms with Gasteiger partial charge in [0, 0.05) is 25.8 Å². The molecule has 3 N–H and O–H groups in total. The van der Waals surface area contributed by atoms with E-state index in [1.807, 2.05) is 18.2 Å². The van der Waals surface area contributed by atoms with E-state index in [1.165, 1.54) is 17.0 Å². The lowest BCUT2D eigenvalue weighted by Crippen LogP contribution is -2.30. The van der Waals surface area contributed by atoms with E-state index in [1.54, 1.807) is 25.2 Å². The molecule has 0 saturated heterocycles. The first-order valence-electron chi connectivity index (χ1n) is 6.64. The van der Waals surface area contributed by atoms with E-state index in [0.29, 0.717) is 18.8 Å². The molecule has 0 aliphatic carbocycles. The minimum atomic E-state index is -0.308. The number of amides is 2. The van der Waals surface area contributed by atoms with E-state index >= 15 is 0 Å². The second-order valence-electron chi connectivity index (χ2n) is 4.82. The summed E-state index contributed by atoms with van der Waals surface area (Å²) in [5, 5.41) is 2.79. The van der Waals surface area contributed by atoms with Gasteiger partial charge in [-0.25, -0.2) is 9.18 Å². The maximum absolute atomic E-state index is 13.1. The molecule has 2 aromatic rings. The average molecular weight is 287 g/mol. The molecule has 0 aromatic heterocycles. The highest BCUT2D eigenvalue weighted by atomic mass is 19.1. The minimum Gasteiger partial charge on any atom is -0.326 e. The number of anilines is 1. The van der Waals surface area contributed by atoms with Crippen molar-refractivity contribution in [3.8, 4) is 0 Å². The standard InChI is InChI=1S/C16H18FN3O/c1-20(11-13-5-2-6-14(17)8-13)16(21)19-15-7-3-4-12(9-15)10-18/h2-9H,10-11,18H2,1H3,(H,19,21). The molecule has 2 amide bonds. The molecule has 21 heavy (non-hydrogen) atoms. The van der Waals surface area contributed by atoms with Crippen LogP contribution in [-0.4, -0.2) is 18.0 Å². The number of rotatable bonds is 4. The lowest BCUT2D eigenvalue weighted by atomic mass is 10.2. The maximum Gasteiger partial charge on any atom is 0.321 e. The Labute approximate surface area is 123 Å². The molecular weight excluding hydrogens is 269 g/mol. The summed E-state index contributed by atoms with van der Waals surface area (Å²) in [5.74, 6) is -0.308. The van der Waals surface area contributed by atoms with Crippen LogP contribution in [0.25, 0.3) is 0 Å². The maximum atomic E-state index is 13.1. The Balaban J connectivity index is 1.99. The van der Waals surface area contributed by atoms with Gasteiger partial charge in [-0.2, -0.15) is 0 Å². The van der Waals surface area contributed by atoms with Crippen LogP contribution in [0.5, 0.6) is 0 Å². The molecule has 0 saturated carbocycles. The molecule has 0 spiro atoms. The van der Waals surface area contributed by atoms with Crippen LogP contribution in [0.2, 0.25) is 0 Å².